The maximum atomic E-state index is 10.4. The lowest BCUT2D eigenvalue weighted by molar-refractivity contribution is 0.125. The molecule has 4 nitrogen and oxygen atoms in total. The standard InChI is InChI=1S/C13H21ClN2O2/c1-8-6-12(18-3)9(7-10(8)14)13(17)11(16-2)4-5-15/h6-7,11,13,16-17H,4-5,15H2,1-3H3. The zero-order chi connectivity index (χ0) is 13.7. The maximum Gasteiger partial charge on any atom is 0.125 e. The van der Waals surface area contributed by atoms with Crippen LogP contribution in [0.2, 0.25) is 5.02 Å². The van der Waals surface area contributed by atoms with Crippen LogP contribution in [0.15, 0.2) is 12.1 Å². The van der Waals surface area contributed by atoms with Crippen LogP contribution in [-0.2, 0) is 0 Å². The Bertz CT molecular complexity index is 399. The van der Waals surface area contributed by atoms with E-state index < -0.39 is 6.10 Å². The topological polar surface area (TPSA) is 67.5 Å². The number of aryl methyl sites for hydroxylation is 1. The molecule has 1 aromatic carbocycles. The highest BCUT2D eigenvalue weighted by atomic mass is 35.5. The van der Waals surface area contributed by atoms with Crippen molar-refractivity contribution >= 4 is 11.6 Å². The molecule has 0 aromatic heterocycles. The second-order valence-electron chi connectivity index (χ2n) is 4.26. The lowest BCUT2D eigenvalue weighted by Crippen LogP contribution is -2.34. The third kappa shape index (κ3) is 3.36. The molecule has 4 N–H and O–H groups in total. The van der Waals surface area contributed by atoms with E-state index in [1.165, 1.54) is 0 Å². The van der Waals surface area contributed by atoms with Crippen molar-refractivity contribution in [3.05, 3.63) is 28.3 Å². The maximum absolute atomic E-state index is 10.4. The van der Waals surface area contributed by atoms with E-state index in [1.54, 1.807) is 20.2 Å². The monoisotopic (exact) mass is 272 g/mol. The van der Waals surface area contributed by atoms with Crippen LogP contribution < -0.4 is 15.8 Å². The quantitative estimate of drug-likeness (QED) is 0.736. The third-order valence-corrected chi connectivity index (χ3v) is 3.47. The van der Waals surface area contributed by atoms with Crippen molar-refractivity contribution in [2.75, 3.05) is 20.7 Å². The summed E-state index contributed by atoms with van der Waals surface area (Å²) in [6, 6.07) is 3.46. The average Bonchev–Trinajstić information content (AvgIpc) is 2.37. The van der Waals surface area contributed by atoms with Crippen LogP contribution in [0.3, 0.4) is 0 Å². The van der Waals surface area contributed by atoms with Crippen LogP contribution in [0.5, 0.6) is 5.75 Å². The van der Waals surface area contributed by atoms with E-state index in [0.717, 1.165) is 5.56 Å². The van der Waals surface area contributed by atoms with Crippen molar-refractivity contribution < 1.29 is 9.84 Å². The van der Waals surface area contributed by atoms with E-state index in [1.807, 2.05) is 13.0 Å². The van der Waals surface area contributed by atoms with Crippen molar-refractivity contribution in [1.29, 1.82) is 0 Å². The smallest absolute Gasteiger partial charge is 0.125 e. The van der Waals surface area contributed by atoms with Crippen molar-refractivity contribution in [3.63, 3.8) is 0 Å². The highest BCUT2D eigenvalue weighted by molar-refractivity contribution is 6.31. The number of methoxy groups -OCH3 is 1. The van der Waals surface area contributed by atoms with Crippen molar-refractivity contribution in [2.24, 2.45) is 5.73 Å². The minimum Gasteiger partial charge on any atom is -0.496 e. The predicted octanol–water partition coefficient (Wildman–Crippen LogP) is 1.63. The summed E-state index contributed by atoms with van der Waals surface area (Å²) in [4.78, 5) is 0. The number of likely N-dealkylation sites (N-methyl/N-ethyl adjacent to an activating group) is 1. The fourth-order valence-corrected chi connectivity index (χ4v) is 2.11. The average molecular weight is 273 g/mol. The van der Waals surface area contributed by atoms with Gasteiger partial charge in [-0.2, -0.15) is 0 Å². The summed E-state index contributed by atoms with van der Waals surface area (Å²) in [5, 5.41) is 14.1. The molecule has 102 valence electrons. The van der Waals surface area contributed by atoms with Crippen LogP contribution in [0.1, 0.15) is 23.7 Å². The van der Waals surface area contributed by atoms with Crippen molar-refractivity contribution in [2.45, 2.75) is 25.5 Å². The number of hydrogen-bond acceptors (Lipinski definition) is 4. The van der Waals surface area contributed by atoms with Gasteiger partial charge in [0.2, 0.25) is 0 Å². The summed E-state index contributed by atoms with van der Waals surface area (Å²) in [6.45, 7) is 2.40. The Morgan fingerprint density at radius 2 is 2.17 bits per heavy atom. The zero-order valence-electron chi connectivity index (χ0n) is 11.0. The van der Waals surface area contributed by atoms with E-state index in [2.05, 4.69) is 5.32 Å². The van der Waals surface area contributed by atoms with Gasteiger partial charge in [-0.1, -0.05) is 11.6 Å². The number of hydrogen-bond donors (Lipinski definition) is 3. The van der Waals surface area contributed by atoms with Gasteiger partial charge in [0, 0.05) is 16.6 Å². The van der Waals surface area contributed by atoms with E-state index in [0.29, 0.717) is 29.3 Å². The summed E-state index contributed by atoms with van der Waals surface area (Å²) in [5.41, 5.74) is 7.14. The number of nitrogens with one attached hydrogen (secondary N) is 1. The van der Waals surface area contributed by atoms with Gasteiger partial charge in [-0.05, 0) is 44.6 Å². The zero-order valence-corrected chi connectivity index (χ0v) is 11.8. The van der Waals surface area contributed by atoms with Crippen LogP contribution in [0.4, 0.5) is 0 Å². The highest BCUT2D eigenvalue weighted by Gasteiger charge is 2.22. The highest BCUT2D eigenvalue weighted by Crippen LogP contribution is 2.32. The molecule has 0 bridgehead atoms. The molecule has 2 atom stereocenters. The first kappa shape index (κ1) is 15.2. The molecule has 0 saturated carbocycles. The fourth-order valence-electron chi connectivity index (χ4n) is 1.93. The van der Waals surface area contributed by atoms with Gasteiger partial charge in [-0.15, -0.1) is 0 Å². The third-order valence-electron chi connectivity index (χ3n) is 3.06. The Morgan fingerprint density at radius 3 is 2.67 bits per heavy atom. The van der Waals surface area contributed by atoms with Crippen LogP contribution in [-0.4, -0.2) is 31.9 Å². The minimum atomic E-state index is -0.702. The molecule has 0 aliphatic carbocycles. The van der Waals surface area contributed by atoms with Gasteiger partial charge in [0.05, 0.1) is 13.2 Å². The summed E-state index contributed by atoms with van der Waals surface area (Å²) < 4.78 is 5.30. The number of aliphatic hydroxyl groups is 1. The van der Waals surface area contributed by atoms with Gasteiger partial charge in [-0.3, -0.25) is 0 Å². The van der Waals surface area contributed by atoms with Gasteiger partial charge >= 0.3 is 0 Å². The molecular weight excluding hydrogens is 252 g/mol. The normalized spacial score (nSPS) is 14.3. The van der Waals surface area contributed by atoms with E-state index in [4.69, 9.17) is 22.1 Å². The Labute approximate surface area is 113 Å². The number of rotatable bonds is 6. The Balaban J connectivity index is 3.10. The first-order valence-corrected chi connectivity index (χ1v) is 6.32. The van der Waals surface area contributed by atoms with Gasteiger partial charge in [0.25, 0.3) is 0 Å². The molecule has 1 aromatic rings. The lowest BCUT2D eigenvalue weighted by atomic mass is 9.98. The predicted molar refractivity (Wildman–Crippen MR) is 74.2 cm³/mol. The summed E-state index contributed by atoms with van der Waals surface area (Å²) >= 11 is 6.10. The second kappa shape index (κ2) is 6.95. The van der Waals surface area contributed by atoms with Gasteiger partial charge < -0.3 is 20.9 Å². The minimum absolute atomic E-state index is 0.123. The molecule has 18 heavy (non-hydrogen) atoms. The number of halogens is 1. The molecule has 0 aliphatic rings. The largest absolute Gasteiger partial charge is 0.496 e. The Kier molecular flexibility index (Phi) is 5.88. The molecule has 0 amide bonds. The number of ether oxygens (including phenoxy) is 1. The van der Waals surface area contributed by atoms with Gasteiger partial charge in [0.1, 0.15) is 5.75 Å². The lowest BCUT2D eigenvalue weighted by Gasteiger charge is -2.24. The summed E-state index contributed by atoms with van der Waals surface area (Å²) in [7, 11) is 3.38. The van der Waals surface area contributed by atoms with E-state index in [-0.39, 0.29) is 6.04 Å². The number of nitrogens with two attached hydrogens (primary N) is 1. The molecule has 2 unspecified atom stereocenters. The molecule has 0 fully saturated rings. The molecule has 0 heterocycles. The number of aliphatic hydroxyl groups excluding tert-OH is 1. The molecular formula is C13H21ClN2O2. The fraction of sp³-hybridized carbons (Fsp3) is 0.538. The number of benzene rings is 1. The molecule has 0 saturated heterocycles. The summed E-state index contributed by atoms with van der Waals surface area (Å²) in [6.07, 6.45) is -0.0293. The molecule has 1 rings (SSSR count). The molecule has 0 radical (unpaired) electrons. The molecule has 0 aliphatic heterocycles. The van der Waals surface area contributed by atoms with E-state index >= 15 is 0 Å². The second-order valence-corrected chi connectivity index (χ2v) is 4.67. The van der Waals surface area contributed by atoms with Crippen LogP contribution in [0, 0.1) is 6.92 Å². The Morgan fingerprint density at radius 1 is 1.50 bits per heavy atom. The van der Waals surface area contributed by atoms with Crippen molar-refractivity contribution in [1.82, 2.24) is 5.32 Å². The van der Waals surface area contributed by atoms with E-state index in [9.17, 15) is 5.11 Å². The Hall–Kier alpha value is -0.810. The van der Waals surface area contributed by atoms with Crippen LogP contribution >= 0.6 is 11.6 Å². The SMILES string of the molecule is CNC(CCN)C(O)c1cc(Cl)c(C)cc1OC. The van der Waals surface area contributed by atoms with Crippen molar-refractivity contribution in [3.8, 4) is 5.75 Å². The summed E-state index contributed by atoms with van der Waals surface area (Å²) in [5.74, 6) is 0.640. The van der Waals surface area contributed by atoms with Gasteiger partial charge in [-0.25, -0.2) is 0 Å². The first-order valence-electron chi connectivity index (χ1n) is 5.94. The molecule has 0 spiro atoms. The van der Waals surface area contributed by atoms with Gasteiger partial charge in [0.15, 0.2) is 0 Å². The first-order chi connectivity index (χ1) is 8.54. The molecule has 5 heteroatoms. The van der Waals surface area contributed by atoms with Crippen LogP contribution in [0.25, 0.3) is 0 Å².